The molecule has 0 N–H and O–H groups in total. The molecule has 3 rings (SSSR count). The number of halogens is 1. The number of likely N-dealkylation sites (tertiary alicyclic amines) is 1. The molecule has 1 aliphatic heterocycles. The molecule has 1 saturated heterocycles. The Morgan fingerprint density at radius 1 is 1.15 bits per heavy atom. The van der Waals surface area contributed by atoms with Gasteiger partial charge >= 0.3 is 0 Å². The molecular formula is C17H21FN2. The smallest absolute Gasteiger partial charge is 0.128 e. The van der Waals surface area contributed by atoms with Gasteiger partial charge in [-0.1, -0.05) is 18.2 Å². The minimum Gasteiger partial charge on any atom is -0.300 e. The Labute approximate surface area is 120 Å². The van der Waals surface area contributed by atoms with Crippen LogP contribution in [-0.2, 0) is 5.41 Å². The van der Waals surface area contributed by atoms with Crippen molar-refractivity contribution in [1.29, 1.82) is 5.26 Å². The molecular weight excluding hydrogens is 251 g/mol. The molecule has 1 aromatic carbocycles. The molecule has 1 aliphatic carbocycles. The van der Waals surface area contributed by atoms with Gasteiger partial charge in [-0.25, -0.2) is 4.39 Å². The summed E-state index contributed by atoms with van der Waals surface area (Å²) in [6, 6.07) is 9.82. The molecule has 2 nitrogen and oxygen atoms in total. The Morgan fingerprint density at radius 3 is 2.40 bits per heavy atom. The molecule has 1 saturated carbocycles. The quantitative estimate of drug-likeness (QED) is 0.822. The molecule has 0 bridgehead atoms. The maximum absolute atomic E-state index is 14.0. The van der Waals surface area contributed by atoms with Gasteiger partial charge in [0.15, 0.2) is 0 Å². The van der Waals surface area contributed by atoms with Crippen molar-refractivity contribution in [3.63, 3.8) is 0 Å². The van der Waals surface area contributed by atoms with Crippen LogP contribution in [0.4, 0.5) is 4.39 Å². The van der Waals surface area contributed by atoms with Gasteiger partial charge in [0.25, 0.3) is 0 Å². The van der Waals surface area contributed by atoms with Crippen molar-refractivity contribution in [1.82, 2.24) is 4.90 Å². The first-order chi connectivity index (χ1) is 9.75. The van der Waals surface area contributed by atoms with Gasteiger partial charge in [-0.3, -0.25) is 0 Å². The van der Waals surface area contributed by atoms with E-state index in [0.29, 0.717) is 11.6 Å². The average Bonchev–Trinajstić information content (AvgIpc) is 3.02. The largest absolute Gasteiger partial charge is 0.300 e. The molecule has 1 aromatic rings. The lowest BCUT2D eigenvalue weighted by atomic mass is 9.69. The topological polar surface area (TPSA) is 27.0 Å². The van der Waals surface area contributed by atoms with E-state index in [1.54, 1.807) is 12.1 Å². The van der Waals surface area contributed by atoms with Crippen molar-refractivity contribution in [3.05, 3.63) is 35.6 Å². The SMILES string of the molecule is N#CC1(c2ccccc2F)CCC(N2CCCC2)CC1. The molecule has 0 amide bonds. The number of hydrogen-bond donors (Lipinski definition) is 0. The molecule has 0 unspecified atom stereocenters. The van der Waals surface area contributed by atoms with Crippen LogP contribution >= 0.6 is 0 Å². The number of rotatable bonds is 2. The molecule has 20 heavy (non-hydrogen) atoms. The fraction of sp³-hybridized carbons (Fsp3) is 0.588. The first-order valence-electron chi connectivity index (χ1n) is 7.65. The second kappa shape index (κ2) is 5.54. The van der Waals surface area contributed by atoms with Crippen LogP contribution in [-0.4, -0.2) is 24.0 Å². The molecule has 0 spiro atoms. The van der Waals surface area contributed by atoms with Gasteiger partial charge in [-0.15, -0.1) is 0 Å². The molecule has 2 aliphatic rings. The van der Waals surface area contributed by atoms with Crippen LogP contribution in [0, 0.1) is 17.1 Å². The summed E-state index contributed by atoms with van der Waals surface area (Å²) >= 11 is 0. The van der Waals surface area contributed by atoms with E-state index >= 15 is 0 Å². The second-order valence-corrected chi connectivity index (χ2v) is 6.15. The summed E-state index contributed by atoms with van der Waals surface area (Å²) in [5, 5.41) is 9.64. The first-order valence-corrected chi connectivity index (χ1v) is 7.65. The summed E-state index contributed by atoms with van der Waals surface area (Å²) in [5.74, 6) is -0.228. The van der Waals surface area contributed by atoms with Crippen molar-refractivity contribution >= 4 is 0 Å². The lowest BCUT2D eigenvalue weighted by molar-refractivity contribution is 0.164. The van der Waals surface area contributed by atoms with Gasteiger partial charge in [-0.05, 0) is 57.7 Å². The van der Waals surface area contributed by atoms with E-state index in [0.717, 1.165) is 25.7 Å². The predicted octanol–water partition coefficient (Wildman–Crippen LogP) is 3.63. The van der Waals surface area contributed by atoms with Gasteiger partial charge in [0.1, 0.15) is 5.82 Å². The summed E-state index contributed by atoms with van der Waals surface area (Å²) in [6.07, 6.45) is 6.20. The van der Waals surface area contributed by atoms with Gasteiger partial charge in [0.2, 0.25) is 0 Å². The number of nitriles is 1. The molecule has 0 radical (unpaired) electrons. The predicted molar refractivity (Wildman–Crippen MR) is 76.8 cm³/mol. The highest BCUT2D eigenvalue weighted by atomic mass is 19.1. The molecule has 0 aromatic heterocycles. The number of hydrogen-bond acceptors (Lipinski definition) is 2. The number of nitrogens with zero attached hydrogens (tertiary/aromatic N) is 2. The van der Waals surface area contributed by atoms with Crippen LogP contribution in [0.15, 0.2) is 24.3 Å². The van der Waals surface area contributed by atoms with E-state index < -0.39 is 5.41 Å². The zero-order valence-electron chi connectivity index (χ0n) is 11.8. The Kier molecular flexibility index (Phi) is 3.76. The highest BCUT2D eigenvalue weighted by Crippen LogP contribution is 2.41. The van der Waals surface area contributed by atoms with Crippen LogP contribution in [0.1, 0.15) is 44.1 Å². The van der Waals surface area contributed by atoms with Gasteiger partial charge in [-0.2, -0.15) is 5.26 Å². The van der Waals surface area contributed by atoms with Crippen molar-refractivity contribution in [3.8, 4) is 6.07 Å². The summed E-state index contributed by atoms with van der Waals surface area (Å²) in [7, 11) is 0. The molecule has 0 atom stereocenters. The Morgan fingerprint density at radius 2 is 1.80 bits per heavy atom. The highest BCUT2D eigenvalue weighted by Gasteiger charge is 2.40. The zero-order chi connectivity index (χ0) is 14.0. The van der Waals surface area contributed by atoms with Crippen molar-refractivity contribution < 1.29 is 4.39 Å². The highest BCUT2D eigenvalue weighted by molar-refractivity contribution is 5.34. The normalized spacial score (nSPS) is 31.1. The third kappa shape index (κ3) is 2.33. The van der Waals surface area contributed by atoms with Crippen LogP contribution in [0.25, 0.3) is 0 Å². The molecule has 106 valence electrons. The summed E-state index contributed by atoms with van der Waals surface area (Å²) in [5.41, 5.74) is -0.0101. The Bertz CT molecular complexity index is 506. The molecule has 3 heteroatoms. The molecule has 1 heterocycles. The Balaban J connectivity index is 1.77. The summed E-state index contributed by atoms with van der Waals surface area (Å²) in [4.78, 5) is 2.56. The van der Waals surface area contributed by atoms with Gasteiger partial charge in [0.05, 0.1) is 11.5 Å². The van der Waals surface area contributed by atoms with Crippen LogP contribution < -0.4 is 0 Å². The van der Waals surface area contributed by atoms with Gasteiger partial charge < -0.3 is 4.90 Å². The molecule has 2 fully saturated rings. The summed E-state index contributed by atoms with van der Waals surface area (Å²) < 4.78 is 14.0. The van der Waals surface area contributed by atoms with E-state index in [2.05, 4.69) is 11.0 Å². The standard InChI is InChI=1S/C17H21FN2/c18-16-6-2-1-5-15(16)17(13-19)9-7-14(8-10-17)20-11-3-4-12-20/h1-2,5-6,14H,3-4,7-12H2. The van der Waals surface area contributed by atoms with Crippen molar-refractivity contribution in [2.75, 3.05) is 13.1 Å². The number of benzene rings is 1. The fourth-order valence-corrected chi connectivity index (χ4v) is 3.86. The average molecular weight is 272 g/mol. The monoisotopic (exact) mass is 272 g/mol. The third-order valence-electron chi connectivity index (χ3n) is 5.07. The van der Waals surface area contributed by atoms with Crippen molar-refractivity contribution in [2.45, 2.75) is 50.0 Å². The van der Waals surface area contributed by atoms with Crippen molar-refractivity contribution in [2.24, 2.45) is 0 Å². The van der Waals surface area contributed by atoms with Crippen LogP contribution in [0.3, 0.4) is 0 Å². The maximum atomic E-state index is 14.0. The van der Waals surface area contributed by atoms with Crippen LogP contribution in [0.5, 0.6) is 0 Å². The zero-order valence-corrected chi connectivity index (χ0v) is 11.8. The Hall–Kier alpha value is -1.40. The first kappa shape index (κ1) is 13.6. The lowest BCUT2D eigenvalue weighted by Crippen LogP contribution is -2.41. The fourth-order valence-electron chi connectivity index (χ4n) is 3.86. The van der Waals surface area contributed by atoms with E-state index in [4.69, 9.17) is 0 Å². The summed E-state index contributed by atoms with van der Waals surface area (Å²) in [6.45, 7) is 2.40. The lowest BCUT2D eigenvalue weighted by Gasteiger charge is -2.39. The second-order valence-electron chi connectivity index (χ2n) is 6.15. The minimum atomic E-state index is -0.610. The van der Waals surface area contributed by atoms with E-state index in [-0.39, 0.29) is 5.82 Å². The van der Waals surface area contributed by atoms with E-state index in [1.165, 1.54) is 32.0 Å². The third-order valence-corrected chi connectivity index (χ3v) is 5.07. The van der Waals surface area contributed by atoms with E-state index in [1.807, 2.05) is 6.07 Å². The van der Waals surface area contributed by atoms with Crippen LogP contribution in [0.2, 0.25) is 0 Å². The minimum absolute atomic E-state index is 0.228. The van der Waals surface area contributed by atoms with Gasteiger partial charge in [0, 0.05) is 11.6 Å². The maximum Gasteiger partial charge on any atom is 0.128 e. The van der Waals surface area contributed by atoms with E-state index in [9.17, 15) is 9.65 Å².